The normalized spacial score (nSPS) is 11.6. The third-order valence-electron chi connectivity index (χ3n) is 3.16. The number of para-hydroxylation sites is 1. The lowest BCUT2D eigenvalue weighted by atomic mass is 10.3. The highest BCUT2D eigenvalue weighted by Gasteiger charge is 2.09. The first-order valence-corrected chi connectivity index (χ1v) is 9.50. The molecule has 1 aromatic carbocycles. The summed E-state index contributed by atoms with van der Waals surface area (Å²) < 4.78 is 13.3. The fourth-order valence-corrected chi connectivity index (χ4v) is 4.05. The van der Waals surface area contributed by atoms with E-state index in [2.05, 4.69) is 28.1 Å². The Balaban J connectivity index is 1.85. The van der Waals surface area contributed by atoms with Gasteiger partial charge in [0.25, 0.3) is 0 Å². The third-order valence-corrected chi connectivity index (χ3v) is 5.42. The van der Waals surface area contributed by atoms with Crippen molar-refractivity contribution in [3.05, 3.63) is 24.3 Å². The molecule has 0 radical (unpaired) electrons. The van der Waals surface area contributed by atoms with E-state index in [4.69, 9.17) is 9.47 Å². The minimum atomic E-state index is 0.767. The number of hydrogen-bond acceptors (Lipinski definition) is 6. The first-order valence-electron chi connectivity index (χ1n) is 7.69. The summed E-state index contributed by atoms with van der Waals surface area (Å²) in [5.74, 6) is 0.917. The van der Waals surface area contributed by atoms with Gasteiger partial charge in [0.2, 0.25) is 0 Å². The topological polar surface area (TPSA) is 34.6 Å². The lowest BCUT2D eigenvalue weighted by molar-refractivity contribution is 0.0911. The highest BCUT2D eigenvalue weighted by atomic mass is 32.2. The van der Waals surface area contributed by atoms with Gasteiger partial charge >= 0.3 is 0 Å². The maximum absolute atomic E-state index is 5.47. The molecule has 0 spiro atoms. The van der Waals surface area contributed by atoms with Gasteiger partial charge in [0.05, 0.1) is 29.3 Å². The number of aromatic nitrogens is 1. The molecule has 0 unspecified atom stereocenters. The van der Waals surface area contributed by atoms with Crippen molar-refractivity contribution >= 4 is 33.3 Å². The van der Waals surface area contributed by atoms with Crippen LogP contribution in [0.3, 0.4) is 0 Å². The van der Waals surface area contributed by atoms with Crippen LogP contribution in [0.15, 0.2) is 28.6 Å². The van der Waals surface area contributed by atoms with E-state index in [1.54, 1.807) is 23.1 Å². The van der Waals surface area contributed by atoms with Crippen molar-refractivity contribution in [1.29, 1.82) is 0 Å². The van der Waals surface area contributed by atoms with Gasteiger partial charge in [-0.25, -0.2) is 4.98 Å². The summed E-state index contributed by atoms with van der Waals surface area (Å²) in [7, 11) is 0. The molecule has 4 nitrogen and oxygen atoms in total. The van der Waals surface area contributed by atoms with Gasteiger partial charge in [-0.05, 0) is 26.0 Å². The van der Waals surface area contributed by atoms with Crippen molar-refractivity contribution < 1.29 is 9.47 Å². The van der Waals surface area contributed by atoms with E-state index in [1.165, 1.54) is 4.70 Å². The van der Waals surface area contributed by atoms with Crippen molar-refractivity contribution in [2.24, 2.45) is 0 Å². The van der Waals surface area contributed by atoms with Crippen LogP contribution in [0.25, 0.3) is 10.2 Å². The summed E-state index contributed by atoms with van der Waals surface area (Å²) in [6, 6.07) is 8.29. The monoisotopic (exact) mass is 340 g/mol. The van der Waals surface area contributed by atoms with E-state index in [0.29, 0.717) is 0 Å². The molecule has 2 rings (SSSR count). The second-order valence-corrected chi connectivity index (χ2v) is 6.96. The number of thioether (sulfide) groups is 1. The van der Waals surface area contributed by atoms with Crippen LogP contribution in [0.2, 0.25) is 0 Å². The predicted molar refractivity (Wildman–Crippen MR) is 94.9 cm³/mol. The quantitative estimate of drug-likeness (QED) is 0.354. The molecule has 2 aromatic rings. The number of benzene rings is 1. The Bertz CT molecular complexity index is 505. The van der Waals surface area contributed by atoms with Gasteiger partial charge in [-0.1, -0.05) is 23.9 Å². The van der Waals surface area contributed by atoms with Crippen molar-refractivity contribution in [3.63, 3.8) is 0 Å². The molecule has 0 fully saturated rings. The zero-order valence-corrected chi connectivity index (χ0v) is 14.9. The van der Waals surface area contributed by atoms with Gasteiger partial charge < -0.3 is 9.47 Å². The highest BCUT2D eigenvalue weighted by molar-refractivity contribution is 8.01. The number of rotatable bonds is 11. The summed E-state index contributed by atoms with van der Waals surface area (Å²) in [6.07, 6.45) is 0. The van der Waals surface area contributed by atoms with E-state index < -0.39 is 0 Å². The summed E-state index contributed by atoms with van der Waals surface area (Å²) in [5, 5.41) is 0. The molecule has 0 aliphatic heterocycles. The van der Waals surface area contributed by atoms with Gasteiger partial charge in [-0.3, -0.25) is 4.90 Å². The maximum Gasteiger partial charge on any atom is 0.152 e. The minimum Gasteiger partial charge on any atom is -0.380 e. The fraction of sp³-hybridized carbons (Fsp3) is 0.562. The average Bonchev–Trinajstić information content (AvgIpc) is 2.95. The van der Waals surface area contributed by atoms with Crippen LogP contribution in [0.1, 0.15) is 13.8 Å². The van der Waals surface area contributed by atoms with Crippen molar-refractivity contribution in [1.82, 2.24) is 9.88 Å². The average molecular weight is 341 g/mol. The largest absolute Gasteiger partial charge is 0.380 e. The zero-order chi connectivity index (χ0) is 15.6. The Morgan fingerprint density at radius 2 is 1.77 bits per heavy atom. The summed E-state index contributed by atoms with van der Waals surface area (Å²) in [6.45, 7) is 8.99. The molecule has 0 atom stereocenters. The highest BCUT2D eigenvalue weighted by Crippen LogP contribution is 2.29. The van der Waals surface area contributed by atoms with Crippen LogP contribution in [-0.2, 0) is 9.47 Å². The van der Waals surface area contributed by atoms with Crippen LogP contribution in [0.5, 0.6) is 0 Å². The SMILES string of the molecule is CCOCCN(CCOCC)CSc1nc2ccccc2s1. The summed E-state index contributed by atoms with van der Waals surface area (Å²) in [5.41, 5.74) is 1.09. The molecular weight excluding hydrogens is 316 g/mol. The lowest BCUT2D eigenvalue weighted by Gasteiger charge is -2.20. The lowest BCUT2D eigenvalue weighted by Crippen LogP contribution is -2.30. The summed E-state index contributed by atoms with van der Waals surface area (Å²) >= 11 is 3.55. The maximum atomic E-state index is 5.47. The molecule has 0 amide bonds. The van der Waals surface area contributed by atoms with Gasteiger partial charge in [0, 0.05) is 26.3 Å². The standard InChI is InChI=1S/C16H24N2O2S2/c1-3-19-11-9-18(10-12-20-4-2)13-21-16-17-14-7-5-6-8-15(14)22-16/h5-8H,3-4,9-13H2,1-2H3. The van der Waals surface area contributed by atoms with E-state index in [-0.39, 0.29) is 0 Å². The second-order valence-electron chi connectivity index (χ2n) is 4.73. The fourth-order valence-electron chi connectivity index (χ4n) is 1.98. The number of ether oxygens (including phenoxy) is 2. The molecule has 0 N–H and O–H groups in total. The molecule has 1 heterocycles. The molecule has 22 heavy (non-hydrogen) atoms. The van der Waals surface area contributed by atoms with Crippen LogP contribution in [-0.4, -0.2) is 55.3 Å². The van der Waals surface area contributed by atoms with Gasteiger partial charge in [-0.15, -0.1) is 11.3 Å². The Morgan fingerprint density at radius 1 is 1.09 bits per heavy atom. The Hall–Kier alpha value is -0.660. The number of nitrogens with zero attached hydrogens (tertiary/aromatic N) is 2. The Labute approximate surface area is 140 Å². The minimum absolute atomic E-state index is 0.767. The Kier molecular flexibility index (Phi) is 8.18. The molecule has 122 valence electrons. The van der Waals surface area contributed by atoms with Crippen molar-refractivity contribution in [3.8, 4) is 0 Å². The summed E-state index contributed by atoms with van der Waals surface area (Å²) in [4.78, 5) is 7.03. The second kappa shape index (κ2) is 10.2. The van der Waals surface area contributed by atoms with Crippen LogP contribution < -0.4 is 0 Å². The van der Waals surface area contributed by atoms with Gasteiger partial charge in [-0.2, -0.15) is 0 Å². The molecule has 0 saturated heterocycles. The molecule has 1 aromatic heterocycles. The number of thiazole rings is 1. The molecule has 0 saturated carbocycles. The van der Waals surface area contributed by atoms with E-state index in [1.807, 2.05) is 19.9 Å². The van der Waals surface area contributed by atoms with Crippen molar-refractivity contribution in [2.75, 3.05) is 45.4 Å². The molecule has 0 bridgehead atoms. The van der Waals surface area contributed by atoms with Crippen molar-refractivity contribution in [2.45, 2.75) is 18.2 Å². The molecule has 0 aliphatic rings. The first kappa shape index (κ1) is 17.7. The Morgan fingerprint density at radius 3 is 2.41 bits per heavy atom. The zero-order valence-electron chi connectivity index (χ0n) is 13.3. The molecular formula is C16H24N2O2S2. The molecule has 6 heteroatoms. The van der Waals surface area contributed by atoms with E-state index in [0.717, 1.165) is 55.3 Å². The molecule has 0 aliphatic carbocycles. The first-order chi connectivity index (χ1) is 10.8. The van der Waals surface area contributed by atoms with Crippen LogP contribution in [0.4, 0.5) is 0 Å². The van der Waals surface area contributed by atoms with Gasteiger partial charge in [0.1, 0.15) is 0 Å². The van der Waals surface area contributed by atoms with Crippen LogP contribution in [0, 0.1) is 0 Å². The van der Waals surface area contributed by atoms with E-state index >= 15 is 0 Å². The van der Waals surface area contributed by atoms with E-state index in [9.17, 15) is 0 Å². The number of hydrogen-bond donors (Lipinski definition) is 0. The van der Waals surface area contributed by atoms with Gasteiger partial charge in [0.15, 0.2) is 4.34 Å². The number of fused-ring (bicyclic) bond motifs is 1. The predicted octanol–water partition coefficient (Wildman–Crippen LogP) is 3.72. The van der Waals surface area contributed by atoms with Crippen LogP contribution >= 0.6 is 23.1 Å². The smallest absolute Gasteiger partial charge is 0.152 e. The third kappa shape index (κ3) is 5.85.